The second-order valence-electron chi connectivity index (χ2n) is 6.59. The number of amides is 1. The molecule has 0 saturated heterocycles. The molecule has 0 spiro atoms. The van der Waals surface area contributed by atoms with Gasteiger partial charge in [0.1, 0.15) is 5.56 Å². The third-order valence-corrected chi connectivity index (χ3v) is 4.60. The van der Waals surface area contributed by atoms with Crippen molar-refractivity contribution in [1.82, 2.24) is 9.13 Å². The summed E-state index contributed by atoms with van der Waals surface area (Å²) in [6, 6.07) is 5.64. The quantitative estimate of drug-likeness (QED) is 0.806. The van der Waals surface area contributed by atoms with Crippen molar-refractivity contribution in [2.75, 3.05) is 5.01 Å². The Balaban J connectivity index is 2.13. The molecule has 2 aromatic rings. The van der Waals surface area contributed by atoms with Crippen LogP contribution in [-0.2, 0) is 18.9 Å². The van der Waals surface area contributed by atoms with E-state index < -0.39 is 23.0 Å². The van der Waals surface area contributed by atoms with E-state index in [1.54, 1.807) is 6.92 Å². The lowest BCUT2D eigenvalue weighted by atomic mass is 10.1. The van der Waals surface area contributed by atoms with Crippen molar-refractivity contribution in [2.45, 2.75) is 20.8 Å². The Hall–Kier alpha value is -3.42. The molecular formula is C19H20N4O4. The third kappa shape index (κ3) is 2.88. The number of aryl methyl sites for hydroxylation is 2. The molecule has 8 nitrogen and oxygen atoms in total. The van der Waals surface area contributed by atoms with Gasteiger partial charge in [-0.05, 0) is 38.5 Å². The van der Waals surface area contributed by atoms with E-state index >= 15 is 0 Å². The number of nitrogens with zero attached hydrogens (tertiary/aromatic N) is 4. The van der Waals surface area contributed by atoms with Gasteiger partial charge in [-0.2, -0.15) is 10.1 Å². The van der Waals surface area contributed by atoms with Crippen molar-refractivity contribution in [2.24, 2.45) is 19.2 Å². The molecular weight excluding hydrogens is 348 g/mol. The van der Waals surface area contributed by atoms with Crippen LogP contribution in [0.15, 0.2) is 38.5 Å². The fraction of sp³-hybridized carbons (Fsp3) is 0.263. The molecule has 0 fully saturated rings. The van der Waals surface area contributed by atoms with Gasteiger partial charge in [-0.25, -0.2) is 4.79 Å². The van der Waals surface area contributed by atoms with E-state index in [1.165, 1.54) is 25.2 Å². The Morgan fingerprint density at radius 3 is 2.33 bits per heavy atom. The molecule has 0 bridgehead atoms. The predicted octanol–water partition coefficient (Wildman–Crippen LogP) is 1.21. The average Bonchev–Trinajstić information content (AvgIpc) is 2.89. The summed E-state index contributed by atoms with van der Waals surface area (Å²) in [6.07, 6.45) is 1.28. The van der Waals surface area contributed by atoms with Crippen LogP contribution in [0.3, 0.4) is 0 Å². The van der Waals surface area contributed by atoms with Gasteiger partial charge >= 0.3 is 5.69 Å². The van der Waals surface area contributed by atoms with Gasteiger partial charge in [0.15, 0.2) is 0 Å². The SMILES string of the molecule is CC1=NN(c2ccc(C)cc2C)C(=O)C1=Cc1c(O)n(C)c(=O)n(C)c1=O. The summed E-state index contributed by atoms with van der Waals surface area (Å²) in [5.41, 5.74) is 1.72. The first kappa shape index (κ1) is 18.4. The number of hydrogen-bond donors (Lipinski definition) is 1. The maximum Gasteiger partial charge on any atom is 0.333 e. The molecule has 1 N–H and O–H groups in total. The summed E-state index contributed by atoms with van der Waals surface area (Å²) in [4.78, 5) is 37.2. The Kier molecular flexibility index (Phi) is 4.35. The van der Waals surface area contributed by atoms with Crippen LogP contribution < -0.4 is 16.3 Å². The molecule has 140 valence electrons. The van der Waals surface area contributed by atoms with Gasteiger partial charge in [-0.15, -0.1) is 0 Å². The average molecular weight is 368 g/mol. The second-order valence-corrected chi connectivity index (χ2v) is 6.59. The first-order valence-electron chi connectivity index (χ1n) is 8.31. The van der Waals surface area contributed by atoms with E-state index in [4.69, 9.17) is 0 Å². The zero-order valence-corrected chi connectivity index (χ0v) is 15.8. The maximum absolute atomic E-state index is 12.9. The molecule has 1 aliphatic heterocycles. The van der Waals surface area contributed by atoms with Gasteiger partial charge in [-0.1, -0.05) is 17.7 Å². The molecule has 1 aliphatic rings. The maximum atomic E-state index is 12.9. The van der Waals surface area contributed by atoms with E-state index in [0.717, 1.165) is 20.3 Å². The number of rotatable bonds is 2. The first-order valence-corrected chi connectivity index (χ1v) is 8.31. The fourth-order valence-electron chi connectivity index (χ4n) is 3.02. The Labute approximate surface area is 155 Å². The normalized spacial score (nSPS) is 15.6. The van der Waals surface area contributed by atoms with E-state index in [1.807, 2.05) is 32.0 Å². The van der Waals surface area contributed by atoms with E-state index in [-0.39, 0.29) is 11.1 Å². The summed E-state index contributed by atoms with van der Waals surface area (Å²) in [5, 5.41) is 15.8. The Morgan fingerprint density at radius 1 is 1.04 bits per heavy atom. The molecule has 0 aliphatic carbocycles. The summed E-state index contributed by atoms with van der Waals surface area (Å²) in [5.74, 6) is -0.907. The molecule has 1 amide bonds. The minimum absolute atomic E-state index is 0.139. The minimum Gasteiger partial charge on any atom is -0.494 e. The lowest BCUT2D eigenvalue weighted by molar-refractivity contribution is -0.114. The van der Waals surface area contributed by atoms with Gasteiger partial charge in [-0.3, -0.25) is 18.7 Å². The molecule has 0 radical (unpaired) electrons. The van der Waals surface area contributed by atoms with Crippen LogP contribution in [-0.4, -0.2) is 25.9 Å². The zero-order chi connectivity index (χ0) is 20.0. The molecule has 1 aromatic carbocycles. The highest BCUT2D eigenvalue weighted by Crippen LogP contribution is 2.28. The van der Waals surface area contributed by atoms with Crippen LogP contribution in [0, 0.1) is 13.8 Å². The predicted molar refractivity (Wildman–Crippen MR) is 103 cm³/mol. The van der Waals surface area contributed by atoms with Gasteiger partial charge in [0.25, 0.3) is 11.5 Å². The smallest absolute Gasteiger partial charge is 0.333 e. The number of anilines is 1. The fourth-order valence-corrected chi connectivity index (χ4v) is 3.02. The van der Waals surface area contributed by atoms with Crippen LogP contribution in [0.1, 0.15) is 23.6 Å². The van der Waals surface area contributed by atoms with Crippen LogP contribution in [0.2, 0.25) is 0 Å². The van der Waals surface area contributed by atoms with Crippen molar-refractivity contribution >= 4 is 23.4 Å². The number of hydrazone groups is 1. The standard InChI is InChI=1S/C19H20N4O4/c1-10-6-7-15(11(2)8-10)23-18(26)13(12(3)20-23)9-14-16(24)21(4)19(27)22(5)17(14)25/h6-9,24H,1-5H3. The molecule has 2 heterocycles. The second kappa shape index (κ2) is 6.39. The monoisotopic (exact) mass is 368 g/mol. The van der Waals surface area contributed by atoms with E-state index in [9.17, 15) is 19.5 Å². The van der Waals surface area contributed by atoms with Crippen molar-refractivity contribution < 1.29 is 9.90 Å². The highest BCUT2D eigenvalue weighted by Gasteiger charge is 2.30. The number of aromatic nitrogens is 2. The van der Waals surface area contributed by atoms with Gasteiger partial charge in [0.2, 0.25) is 5.88 Å². The molecule has 0 saturated carbocycles. The first-order chi connectivity index (χ1) is 12.6. The van der Waals surface area contributed by atoms with Crippen LogP contribution in [0.25, 0.3) is 6.08 Å². The summed E-state index contributed by atoms with van der Waals surface area (Å²) >= 11 is 0. The van der Waals surface area contributed by atoms with Crippen LogP contribution in [0.5, 0.6) is 5.88 Å². The molecule has 8 heteroatoms. The third-order valence-electron chi connectivity index (χ3n) is 4.60. The van der Waals surface area contributed by atoms with Crippen molar-refractivity contribution in [1.29, 1.82) is 0 Å². The number of benzene rings is 1. The molecule has 0 atom stereocenters. The lowest BCUT2D eigenvalue weighted by Gasteiger charge is -2.15. The highest BCUT2D eigenvalue weighted by atomic mass is 16.3. The number of carbonyl (C=O) groups is 1. The Morgan fingerprint density at radius 2 is 1.70 bits per heavy atom. The number of aromatic hydroxyl groups is 1. The lowest BCUT2D eigenvalue weighted by Crippen LogP contribution is -2.38. The van der Waals surface area contributed by atoms with E-state index in [2.05, 4.69) is 5.10 Å². The summed E-state index contributed by atoms with van der Waals surface area (Å²) < 4.78 is 1.82. The molecule has 27 heavy (non-hydrogen) atoms. The largest absolute Gasteiger partial charge is 0.494 e. The van der Waals surface area contributed by atoms with Crippen LogP contribution >= 0.6 is 0 Å². The van der Waals surface area contributed by atoms with E-state index in [0.29, 0.717) is 11.4 Å². The zero-order valence-electron chi connectivity index (χ0n) is 15.8. The molecule has 3 rings (SSSR count). The Bertz CT molecular complexity index is 1150. The molecule has 0 unspecified atom stereocenters. The van der Waals surface area contributed by atoms with Crippen molar-refractivity contribution in [3.8, 4) is 5.88 Å². The highest BCUT2D eigenvalue weighted by molar-refractivity contribution is 6.32. The summed E-state index contributed by atoms with van der Waals surface area (Å²) in [6.45, 7) is 5.49. The number of carbonyl (C=O) groups excluding carboxylic acids is 1. The topological polar surface area (TPSA) is 96.9 Å². The van der Waals surface area contributed by atoms with Crippen molar-refractivity contribution in [3.63, 3.8) is 0 Å². The van der Waals surface area contributed by atoms with Crippen molar-refractivity contribution in [3.05, 3.63) is 61.3 Å². The molecule has 1 aromatic heterocycles. The van der Waals surface area contributed by atoms with Gasteiger partial charge in [0, 0.05) is 14.1 Å². The van der Waals surface area contributed by atoms with Gasteiger partial charge < -0.3 is 5.11 Å². The van der Waals surface area contributed by atoms with Gasteiger partial charge in [0.05, 0.1) is 17.0 Å². The number of hydrogen-bond acceptors (Lipinski definition) is 5. The summed E-state index contributed by atoms with van der Waals surface area (Å²) in [7, 11) is 2.66. The van der Waals surface area contributed by atoms with Crippen LogP contribution in [0.4, 0.5) is 5.69 Å². The minimum atomic E-state index is -0.686.